The van der Waals surface area contributed by atoms with Gasteiger partial charge >= 0.3 is 0 Å². The molecule has 0 saturated heterocycles. The molecule has 0 saturated carbocycles. The van der Waals surface area contributed by atoms with Crippen molar-refractivity contribution in [3.8, 4) is 0 Å². The molecule has 0 aromatic heterocycles. The minimum absolute atomic E-state index is 0.116. The van der Waals surface area contributed by atoms with Crippen LogP contribution in [-0.2, 0) is 9.53 Å². The van der Waals surface area contributed by atoms with Crippen molar-refractivity contribution in [2.45, 2.75) is 46.6 Å². The van der Waals surface area contributed by atoms with E-state index in [-0.39, 0.29) is 5.60 Å². The van der Waals surface area contributed by atoms with Crippen LogP contribution in [0, 0.1) is 0 Å². The molecule has 0 aliphatic carbocycles. The summed E-state index contributed by atoms with van der Waals surface area (Å²) in [5, 5.41) is 0. The summed E-state index contributed by atoms with van der Waals surface area (Å²) in [6.45, 7) is 10.2. The Morgan fingerprint density at radius 1 is 0.870 bits per heavy atom. The highest BCUT2D eigenvalue weighted by atomic mass is 16.5. The van der Waals surface area contributed by atoms with E-state index in [1.165, 1.54) is 5.57 Å². The number of carbonyl (C=O) groups is 1. The molecule has 0 radical (unpaired) electrons. The Bertz CT molecular complexity index is 538. The maximum atomic E-state index is 10.3. The molecule has 0 bridgehead atoms. The fourth-order valence-corrected chi connectivity index (χ4v) is 1.59. The van der Waals surface area contributed by atoms with Crippen molar-refractivity contribution < 1.29 is 9.53 Å². The van der Waals surface area contributed by atoms with Crippen LogP contribution in [0.4, 0.5) is 0 Å². The summed E-state index contributed by atoms with van der Waals surface area (Å²) in [5.41, 5.74) is 3.16. The quantitative estimate of drug-likeness (QED) is 0.319. The van der Waals surface area contributed by atoms with E-state index in [0.717, 1.165) is 23.9 Å². The van der Waals surface area contributed by atoms with Crippen LogP contribution in [-0.4, -0.2) is 19.0 Å². The van der Waals surface area contributed by atoms with Crippen molar-refractivity contribution in [1.29, 1.82) is 0 Å². The van der Waals surface area contributed by atoms with E-state index < -0.39 is 0 Å². The lowest BCUT2D eigenvalue weighted by molar-refractivity contribution is -0.104. The third-order valence-corrected chi connectivity index (χ3v) is 3.31. The lowest BCUT2D eigenvalue weighted by Gasteiger charge is -2.20. The fraction of sp³-hybridized carbons (Fsp3) is 0.381. The highest BCUT2D eigenvalue weighted by Crippen LogP contribution is 2.14. The molecule has 0 aromatic rings. The molecule has 0 rings (SSSR count). The first-order valence-electron chi connectivity index (χ1n) is 7.84. The summed E-state index contributed by atoms with van der Waals surface area (Å²) >= 11 is 0. The number of methoxy groups -OCH3 is 1. The van der Waals surface area contributed by atoms with Gasteiger partial charge in [-0.2, -0.15) is 0 Å². The lowest BCUT2D eigenvalue weighted by atomic mass is 10.0. The zero-order valence-electron chi connectivity index (χ0n) is 15.3. The van der Waals surface area contributed by atoms with Crippen molar-refractivity contribution in [2.75, 3.05) is 7.11 Å². The van der Waals surface area contributed by atoms with Gasteiger partial charge in [0.2, 0.25) is 0 Å². The maximum absolute atomic E-state index is 10.3. The summed E-state index contributed by atoms with van der Waals surface area (Å²) < 4.78 is 5.38. The van der Waals surface area contributed by atoms with Gasteiger partial charge in [0, 0.05) is 7.11 Å². The van der Waals surface area contributed by atoms with Crippen molar-refractivity contribution in [3.05, 3.63) is 71.4 Å². The molecule has 0 N–H and O–H groups in total. The molecule has 23 heavy (non-hydrogen) atoms. The van der Waals surface area contributed by atoms with Crippen LogP contribution in [0.25, 0.3) is 0 Å². The maximum Gasteiger partial charge on any atom is 0.143 e. The monoisotopic (exact) mass is 314 g/mol. The smallest absolute Gasteiger partial charge is 0.143 e. The summed E-state index contributed by atoms with van der Waals surface area (Å²) in [6.07, 6.45) is 19.5. The highest BCUT2D eigenvalue weighted by Gasteiger charge is 2.12. The van der Waals surface area contributed by atoms with E-state index in [0.29, 0.717) is 0 Å². The molecule has 0 atom stereocenters. The Morgan fingerprint density at radius 3 is 1.83 bits per heavy atom. The number of aldehydes is 1. The summed E-state index contributed by atoms with van der Waals surface area (Å²) in [4.78, 5) is 10.3. The predicted octanol–water partition coefficient (Wildman–Crippen LogP) is 5.51. The van der Waals surface area contributed by atoms with Crippen molar-refractivity contribution in [3.63, 3.8) is 0 Å². The van der Waals surface area contributed by atoms with Crippen LogP contribution in [0.3, 0.4) is 0 Å². The van der Waals surface area contributed by atoms with E-state index in [1.54, 1.807) is 13.2 Å². The van der Waals surface area contributed by atoms with Gasteiger partial charge in [-0.25, -0.2) is 0 Å². The highest BCUT2D eigenvalue weighted by molar-refractivity contribution is 5.66. The first-order valence-corrected chi connectivity index (χ1v) is 7.84. The molecular formula is C21H30O2. The Morgan fingerprint density at radius 2 is 1.35 bits per heavy atom. The lowest BCUT2D eigenvalue weighted by Crippen LogP contribution is -2.20. The van der Waals surface area contributed by atoms with Crippen molar-refractivity contribution in [1.82, 2.24) is 0 Å². The summed E-state index contributed by atoms with van der Waals surface area (Å²) in [7, 11) is 1.74. The van der Waals surface area contributed by atoms with Gasteiger partial charge in [-0.3, -0.25) is 4.79 Å². The molecule has 2 nitrogen and oxygen atoms in total. The average Bonchev–Trinajstić information content (AvgIpc) is 2.47. The van der Waals surface area contributed by atoms with Crippen LogP contribution >= 0.6 is 0 Å². The Labute approximate surface area is 141 Å². The Balaban J connectivity index is 4.51. The van der Waals surface area contributed by atoms with Crippen LogP contribution in [0.2, 0.25) is 0 Å². The molecule has 0 heterocycles. The summed E-state index contributed by atoms with van der Waals surface area (Å²) in [6, 6.07) is 0. The van der Waals surface area contributed by atoms with Crippen LogP contribution in [0.5, 0.6) is 0 Å². The van der Waals surface area contributed by atoms with Gasteiger partial charge in [-0.05, 0) is 52.7 Å². The number of rotatable bonds is 9. The molecular weight excluding hydrogens is 284 g/mol. The predicted molar refractivity (Wildman–Crippen MR) is 100 cm³/mol. The number of ether oxygens (including phenoxy) is 1. The molecule has 0 aromatic carbocycles. The van der Waals surface area contributed by atoms with Gasteiger partial charge in [0.05, 0.1) is 5.60 Å². The summed E-state index contributed by atoms with van der Waals surface area (Å²) in [5.74, 6) is 0. The standard InChI is InChI=1S/C21H30O2/c1-18(11-8-13-20(3)15-17-22)10-7-12-19(2)14-9-16-21(4,5)23-6/h7-15,17H,16H2,1-6H3/b10-7+,13-8+,14-9+,18-11+,19-12+,20-15+. The van der Waals surface area contributed by atoms with Gasteiger partial charge in [-0.1, -0.05) is 59.8 Å². The van der Waals surface area contributed by atoms with E-state index in [2.05, 4.69) is 45.1 Å². The van der Waals surface area contributed by atoms with Crippen LogP contribution in [0.1, 0.15) is 41.0 Å². The molecule has 0 unspecified atom stereocenters. The molecule has 126 valence electrons. The van der Waals surface area contributed by atoms with E-state index >= 15 is 0 Å². The molecule has 2 heteroatoms. The second kappa shape index (κ2) is 11.6. The SMILES string of the molecule is COC(C)(C)C/C=C/C(C)=C/C=C/C(C)=C/C=C/C(C)=C/C=O. The molecule has 0 amide bonds. The first kappa shape index (κ1) is 21.1. The van der Waals surface area contributed by atoms with Crippen LogP contribution < -0.4 is 0 Å². The largest absolute Gasteiger partial charge is 0.378 e. The van der Waals surface area contributed by atoms with E-state index in [9.17, 15) is 4.79 Å². The number of allylic oxidation sites excluding steroid dienone is 11. The molecule has 0 aliphatic rings. The van der Waals surface area contributed by atoms with E-state index in [4.69, 9.17) is 4.74 Å². The molecule has 0 fully saturated rings. The van der Waals surface area contributed by atoms with Crippen LogP contribution in [0.15, 0.2) is 71.4 Å². The first-order chi connectivity index (χ1) is 10.8. The molecule has 0 aliphatic heterocycles. The minimum Gasteiger partial charge on any atom is -0.378 e. The normalized spacial score (nSPS) is 15.3. The average molecular weight is 314 g/mol. The molecule has 0 spiro atoms. The Kier molecular flexibility index (Phi) is 10.6. The fourth-order valence-electron chi connectivity index (χ4n) is 1.59. The number of hydrogen-bond donors (Lipinski definition) is 0. The van der Waals surface area contributed by atoms with Gasteiger partial charge in [-0.15, -0.1) is 0 Å². The van der Waals surface area contributed by atoms with Crippen molar-refractivity contribution >= 4 is 6.29 Å². The number of carbonyl (C=O) groups excluding carboxylic acids is 1. The van der Waals surface area contributed by atoms with Crippen molar-refractivity contribution in [2.24, 2.45) is 0 Å². The van der Waals surface area contributed by atoms with E-state index in [1.807, 2.05) is 38.2 Å². The van der Waals surface area contributed by atoms with Gasteiger partial charge in [0.15, 0.2) is 0 Å². The zero-order chi connectivity index (χ0) is 17.7. The van der Waals surface area contributed by atoms with Gasteiger partial charge in [0.1, 0.15) is 6.29 Å². The minimum atomic E-state index is -0.116. The Hall–Kier alpha value is -1.93. The van der Waals surface area contributed by atoms with Gasteiger partial charge < -0.3 is 4.74 Å². The second-order valence-electron chi connectivity index (χ2n) is 6.16. The third-order valence-electron chi connectivity index (χ3n) is 3.31. The third kappa shape index (κ3) is 12.3. The van der Waals surface area contributed by atoms with Gasteiger partial charge in [0.25, 0.3) is 0 Å². The topological polar surface area (TPSA) is 26.3 Å². The second-order valence-corrected chi connectivity index (χ2v) is 6.16. The number of hydrogen-bond acceptors (Lipinski definition) is 2. The zero-order valence-corrected chi connectivity index (χ0v) is 15.3.